The van der Waals surface area contributed by atoms with Crippen molar-refractivity contribution in [3.05, 3.63) is 34.1 Å². The van der Waals surface area contributed by atoms with E-state index in [4.69, 9.17) is 27.9 Å². The molecule has 0 saturated carbocycles. The maximum atomic E-state index is 6.08. The SMILES string of the molecule is Clc1cccc(Cl)c1OCCSc1nnc2n1CCCCC2. The largest absolute Gasteiger partial charge is 0.490 e. The fraction of sp³-hybridized carbons (Fsp3) is 0.467. The molecule has 0 atom stereocenters. The monoisotopic (exact) mass is 357 g/mol. The first-order valence-corrected chi connectivity index (χ1v) is 9.11. The maximum absolute atomic E-state index is 6.08. The Kier molecular flexibility index (Phi) is 5.50. The molecular weight excluding hydrogens is 341 g/mol. The Morgan fingerprint density at radius 1 is 1.14 bits per heavy atom. The number of aromatic nitrogens is 3. The molecule has 1 aliphatic heterocycles. The number of fused-ring (bicyclic) bond motifs is 1. The zero-order chi connectivity index (χ0) is 15.4. The van der Waals surface area contributed by atoms with Crippen molar-refractivity contribution < 1.29 is 4.74 Å². The van der Waals surface area contributed by atoms with Crippen LogP contribution < -0.4 is 4.74 Å². The molecule has 7 heteroatoms. The number of aryl methyl sites for hydroxylation is 1. The molecule has 1 aromatic carbocycles. The van der Waals surface area contributed by atoms with Gasteiger partial charge in [0.25, 0.3) is 0 Å². The first-order chi connectivity index (χ1) is 10.8. The minimum atomic E-state index is 0.524. The lowest BCUT2D eigenvalue weighted by atomic mass is 10.2. The quantitative estimate of drug-likeness (QED) is 0.584. The molecule has 0 radical (unpaired) electrons. The highest BCUT2D eigenvalue weighted by Gasteiger charge is 2.15. The lowest BCUT2D eigenvalue weighted by Gasteiger charge is -2.10. The first kappa shape index (κ1) is 16.0. The Morgan fingerprint density at radius 3 is 2.77 bits per heavy atom. The van der Waals surface area contributed by atoms with Gasteiger partial charge in [-0.15, -0.1) is 10.2 Å². The van der Waals surface area contributed by atoms with E-state index >= 15 is 0 Å². The van der Waals surface area contributed by atoms with Crippen molar-refractivity contribution in [2.45, 2.75) is 37.4 Å². The van der Waals surface area contributed by atoms with E-state index in [1.54, 1.807) is 30.0 Å². The van der Waals surface area contributed by atoms with Crippen LogP contribution in [-0.2, 0) is 13.0 Å². The summed E-state index contributed by atoms with van der Waals surface area (Å²) in [7, 11) is 0. The lowest BCUT2D eigenvalue weighted by Crippen LogP contribution is -2.05. The Labute approximate surface area is 144 Å². The molecule has 0 saturated heterocycles. The number of nitrogens with zero attached hydrogens (tertiary/aromatic N) is 3. The van der Waals surface area contributed by atoms with Crippen molar-refractivity contribution in [3.8, 4) is 5.75 Å². The van der Waals surface area contributed by atoms with Gasteiger partial charge in [-0.2, -0.15) is 0 Å². The van der Waals surface area contributed by atoms with Crippen LogP contribution in [0.2, 0.25) is 10.0 Å². The van der Waals surface area contributed by atoms with Crippen LogP contribution in [0.25, 0.3) is 0 Å². The first-order valence-electron chi connectivity index (χ1n) is 7.37. The molecule has 0 bridgehead atoms. The number of hydrogen-bond donors (Lipinski definition) is 0. The van der Waals surface area contributed by atoms with Crippen molar-refractivity contribution in [2.75, 3.05) is 12.4 Å². The molecule has 118 valence electrons. The van der Waals surface area contributed by atoms with Crippen LogP contribution in [0.4, 0.5) is 0 Å². The summed E-state index contributed by atoms with van der Waals surface area (Å²) in [5.41, 5.74) is 0. The lowest BCUT2D eigenvalue weighted by molar-refractivity contribution is 0.344. The van der Waals surface area contributed by atoms with Crippen LogP contribution in [-0.4, -0.2) is 27.1 Å². The van der Waals surface area contributed by atoms with E-state index in [9.17, 15) is 0 Å². The van der Waals surface area contributed by atoms with E-state index in [2.05, 4.69) is 14.8 Å². The van der Waals surface area contributed by atoms with Gasteiger partial charge in [0, 0.05) is 18.7 Å². The van der Waals surface area contributed by atoms with Crippen molar-refractivity contribution in [2.24, 2.45) is 0 Å². The topological polar surface area (TPSA) is 39.9 Å². The highest BCUT2D eigenvalue weighted by molar-refractivity contribution is 7.99. The van der Waals surface area contributed by atoms with E-state index in [1.807, 2.05) is 0 Å². The van der Waals surface area contributed by atoms with Gasteiger partial charge in [-0.25, -0.2) is 0 Å². The van der Waals surface area contributed by atoms with Crippen LogP contribution >= 0.6 is 35.0 Å². The van der Waals surface area contributed by atoms with Gasteiger partial charge in [-0.1, -0.05) is 47.5 Å². The van der Waals surface area contributed by atoms with Gasteiger partial charge in [-0.3, -0.25) is 0 Å². The van der Waals surface area contributed by atoms with Crippen molar-refractivity contribution in [3.63, 3.8) is 0 Å². The molecule has 2 aromatic rings. The number of ether oxygens (including phenoxy) is 1. The maximum Gasteiger partial charge on any atom is 0.191 e. The number of benzene rings is 1. The summed E-state index contributed by atoms with van der Waals surface area (Å²) in [4.78, 5) is 0. The Bertz CT molecular complexity index is 627. The Hall–Kier alpha value is -0.910. The van der Waals surface area contributed by atoms with Gasteiger partial charge in [-0.05, 0) is 25.0 Å². The second kappa shape index (κ2) is 7.57. The molecule has 0 unspecified atom stereocenters. The van der Waals surface area contributed by atoms with Gasteiger partial charge in [0.2, 0.25) is 0 Å². The molecule has 0 amide bonds. The second-order valence-corrected chi connectivity index (χ2v) is 6.99. The fourth-order valence-corrected chi connectivity index (χ4v) is 3.77. The van der Waals surface area contributed by atoms with Crippen LogP contribution in [0.3, 0.4) is 0 Å². The molecule has 0 spiro atoms. The molecule has 0 fully saturated rings. The molecule has 4 nitrogen and oxygen atoms in total. The molecule has 2 heterocycles. The predicted molar refractivity (Wildman–Crippen MR) is 90.3 cm³/mol. The number of rotatable bonds is 5. The van der Waals surface area contributed by atoms with Gasteiger partial charge in [0.1, 0.15) is 5.82 Å². The summed E-state index contributed by atoms with van der Waals surface area (Å²) < 4.78 is 7.93. The highest BCUT2D eigenvalue weighted by Crippen LogP contribution is 2.32. The third-order valence-corrected chi connectivity index (χ3v) is 5.08. The Morgan fingerprint density at radius 2 is 1.95 bits per heavy atom. The number of thioether (sulfide) groups is 1. The van der Waals surface area contributed by atoms with E-state index in [0.29, 0.717) is 22.4 Å². The number of hydrogen-bond acceptors (Lipinski definition) is 4. The molecule has 22 heavy (non-hydrogen) atoms. The normalized spacial score (nSPS) is 14.5. The summed E-state index contributed by atoms with van der Waals surface area (Å²) >= 11 is 13.8. The molecule has 3 rings (SSSR count). The van der Waals surface area contributed by atoms with E-state index in [-0.39, 0.29) is 0 Å². The summed E-state index contributed by atoms with van der Waals surface area (Å²) in [5, 5.41) is 10.6. The van der Waals surface area contributed by atoms with Crippen LogP contribution in [0.1, 0.15) is 25.1 Å². The van der Waals surface area contributed by atoms with Crippen molar-refractivity contribution in [1.82, 2.24) is 14.8 Å². The predicted octanol–water partition coefficient (Wildman–Crippen LogP) is 4.48. The van der Waals surface area contributed by atoms with Crippen LogP contribution in [0.5, 0.6) is 5.75 Å². The molecule has 0 aliphatic carbocycles. The van der Waals surface area contributed by atoms with E-state index in [1.165, 1.54) is 19.3 Å². The average molecular weight is 358 g/mol. The zero-order valence-electron chi connectivity index (χ0n) is 12.1. The van der Waals surface area contributed by atoms with Gasteiger partial charge in [0.05, 0.1) is 16.7 Å². The minimum Gasteiger partial charge on any atom is -0.490 e. The summed E-state index contributed by atoms with van der Waals surface area (Å²) in [6.07, 6.45) is 4.70. The van der Waals surface area contributed by atoms with Gasteiger partial charge >= 0.3 is 0 Å². The van der Waals surface area contributed by atoms with Crippen LogP contribution in [0, 0.1) is 0 Å². The standard InChI is InChI=1S/C15H17Cl2N3OS/c16-11-5-4-6-12(17)14(11)21-9-10-22-15-19-18-13-7-2-1-3-8-20(13)15/h4-6H,1-3,7-10H2. The fourth-order valence-electron chi connectivity index (χ4n) is 2.46. The zero-order valence-corrected chi connectivity index (χ0v) is 14.4. The number of halogens is 2. The second-order valence-electron chi connectivity index (χ2n) is 5.11. The third-order valence-electron chi connectivity index (χ3n) is 3.56. The molecular formula is C15H17Cl2N3OS. The highest BCUT2D eigenvalue weighted by atomic mass is 35.5. The van der Waals surface area contributed by atoms with Gasteiger partial charge < -0.3 is 9.30 Å². The summed E-state index contributed by atoms with van der Waals surface area (Å²) in [5.74, 6) is 2.43. The molecule has 0 N–H and O–H groups in total. The van der Waals surface area contributed by atoms with Gasteiger partial charge in [0.15, 0.2) is 10.9 Å². The smallest absolute Gasteiger partial charge is 0.191 e. The van der Waals surface area contributed by atoms with Crippen LogP contribution in [0.15, 0.2) is 23.4 Å². The van der Waals surface area contributed by atoms with E-state index in [0.717, 1.165) is 29.7 Å². The minimum absolute atomic E-state index is 0.524. The van der Waals surface area contributed by atoms with E-state index < -0.39 is 0 Å². The third kappa shape index (κ3) is 3.70. The van der Waals surface area contributed by atoms with Crippen molar-refractivity contribution in [1.29, 1.82) is 0 Å². The Balaban J connectivity index is 1.55. The summed E-state index contributed by atoms with van der Waals surface area (Å²) in [6.45, 7) is 1.54. The average Bonchev–Trinajstić information content (AvgIpc) is 2.74. The molecule has 1 aliphatic rings. The van der Waals surface area contributed by atoms with Crippen molar-refractivity contribution >= 4 is 35.0 Å². The number of para-hydroxylation sites is 1. The molecule has 1 aromatic heterocycles. The summed E-state index contributed by atoms with van der Waals surface area (Å²) in [6, 6.07) is 5.35.